The molecule has 0 heterocycles. The number of hydrogen-bond acceptors (Lipinski definition) is 4. The zero-order chi connectivity index (χ0) is 17.4. The number of ether oxygens (including phenoxy) is 1. The third-order valence-electron chi connectivity index (χ3n) is 4.29. The van der Waals surface area contributed by atoms with E-state index in [1.807, 2.05) is 6.92 Å². The van der Waals surface area contributed by atoms with E-state index in [2.05, 4.69) is 5.32 Å². The molecule has 0 atom stereocenters. The minimum absolute atomic E-state index is 0.0359. The fourth-order valence-electron chi connectivity index (χ4n) is 2.85. The summed E-state index contributed by atoms with van der Waals surface area (Å²) >= 11 is 0. The van der Waals surface area contributed by atoms with E-state index >= 15 is 0 Å². The van der Waals surface area contributed by atoms with Crippen LogP contribution in [0.5, 0.6) is 5.75 Å². The molecule has 1 fully saturated rings. The smallest absolute Gasteiger partial charge is 0.220 e. The van der Waals surface area contributed by atoms with Crippen LogP contribution in [0.2, 0.25) is 0 Å². The molecule has 2 N–H and O–H groups in total. The maximum absolute atomic E-state index is 12.2. The first-order valence-electron chi connectivity index (χ1n) is 8.82. The average Bonchev–Trinajstić information content (AvgIpc) is 2.60. The second kappa shape index (κ2) is 9.42. The van der Waals surface area contributed by atoms with E-state index in [0.29, 0.717) is 12.2 Å². The van der Waals surface area contributed by atoms with Crippen LogP contribution in [0.3, 0.4) is 0 Å². The van der Waals surface area contributed by atoms with Gasteiger partial charge in [-0.25, -0.2) is 0 Å². The topological polar surface area (TPSA) is 75.6 Å². The molecule has 0 unspecified atom stereocenters. The van der Waals surface area contributed by atoms with Crippen LogP contribution in [-0.4, -0.2) is 35.5 Å². The summed E-state index contributed by atoms with van der Waals surface area (Å²) in [6.45, 7) is 2.70. The first-order chi connectivity index (χ1) is 11.6. The van der Waals surface area contributed by atoms with Crippen molar-refractivity contribution in [2.75, 3.05) is 6.61 Å². The van der Waals surface area contributed by atoms with Gasteiger partial charge in [-0.15, -0.1) is 0 Å². The Balaban J connectivity index is 1.72. The van der Waals surface area contributed by atoms with Gasteiger partial charge in [-0.1, -0.05) is 6.92 Å². The zero-order valence-electron chi connectivity index (χ0n) is 14.3. The summed E-state index contributed by atoms with van der Waals surface area (Å²) in [6.07, 6.45) is 4.19. The maximum atomic E-state index is 12.2. The van der Waals surface area contributed by atoms with Crippen LogP contribution in [0.25, 0.3) is 0 Å². The third-order valence-corrected chi connectivity index (χ3v) is 4.29. The third kappa shape index (κ3) is 5.96. The lowest BCUT2D eigenvalue weighted by atomic mass is 9.93. The van der Waals surface area contributed by atoms with E-state index in [-0.39, 0.29) is 36.7 Å². The summed E-state index contributed by atoms with van der Waals surface area (Å²) in [5.41, 5.74) is 0.604. The molecule has 0 bridgehead atoms. The highest BCUT2D eigenvalue weighted by Gasteiger charge is 2.21. The molecule has 24 heavy (non-hydrogen) atoms. The van der Waals surface area contributed by atoms with Gasteiger partial charge < -0.3 is 15.2 Å². The SMILES string of the molecule is CCCOc1ccc(C(=O)CCC(=O)NC2CCC(O)CC2)cc1. The summed E-state index contributed by atoms with van der Waals surface area (Å²) in [4.78, 5) is 24.1. The van der Waals surface area contributed by atoms with Crippen molar-refractivity contribution in [1.82, 2.24) is 5.32 Å². The molecule has 0 aliphatic heterocycles. The van der Waals surface area contributed by atoms with E-state index in [0.717, 1.165) is 37.9 Å². The van der Waals surface area contributed by atoms with Crippen molar-refractivity contribution in [3.05, 3.63) is 29.8 Å². The number of ketones is 1. The van der Waals surface area contributed by atoms with Crippen LogP contribution in [0.1, 0.15) is 62.2 Å². The zero-order valence-corrected chi connectivity index (χ0v) is 14.3. The molecule has 132 valence electrons. The summed E-state index contributed by atoms with van der Waals surface area (Å²) < 4.78 is 5.49. The van der Waals surface area contributed by atoms with E-state index in [1.165, 1.54) is 0 Å². The lowest BCUT2D eigenvalue weighted by Gasteiger charge is -2.26. The molecule has 2 rings (SSSR count). The molecule has 0 aromatic heterocycles. The number of aliphatic hydroxyl groups excluding tert-OH is 1. The van der Waals surface area contributed by atoms with Gasteiger partial charge in [0, 0.05) is 24.4 Å². The van der Waals surface area contributed by atoms with E-state index in [4.69, 9.17) is 4.74 Å². The Morgan fingerprint density at radius 2 is 1.79 bits per heavy atom. The Morgan fingerprint density at radius 3 is 2.42 bits per heavy atom. The van der Waals surface area contributed by atoms with Gasteiger partial charge in [-0.2, -0.15) is 0 Å². The highest BCUT2D eigenvalue weighted by molar-refractivity contribution is 5.98. The first-order valence-corrected chi connectivity index (χ1v) is 8.82. The van der Waals surface area contributed by atoms with Crippen LogP contribution < -0.4 is 10.1 Å². The first kappa shape index (κ1) is 18.5. The van der Waals surface area contributed by atoms with Gasteiger partial charge in [-0.3, -0.25) is 9.59 Å². The quantitative estimate of drug-likeness (QED) is 0.717. The molecule has 0 radical (unpaired) electrons. The predicted molar refractivity (Wildman–Crippen MR) is 92.2 cm³/mol. The second-order valence-electron chi connectivity index (χ2n) is 6.37. The molecule has 0 spiro atoms. The van der Waals surface area contributed by atoms with Crippen LogP contribution in [0, 0.1) is 0 Å². The van der Waals surface area contributed by atoms with Crippen LogP contribution in [-0.2, 0) is 4.79 Å². The molecular weight excluding hydrogens is 306 g/mol. The van der Waals surface area contributed by atoms with Gasteiger partial charge >= 0.3 is 0 Å². The number of carbonyl (C=O) groups is 2. The lowest BCUT2D eigenvalue weighted by Crippen LogP contribution is -2.38. The Bertz CT molecular complexity index is 533. The Hall–Kier alpha value is -1.88. The maximum Gasteiger partial charge on any atom is 0.220 e. The van der Waals surface area contributed by atoms with Crippen LogP contribution in [0.15, 0.2) is 24.3 Å². The number of aliphatic hydroxyl groups is 1. The Morgan fingerprint density at radius 1 is 1.12 bits per heavy atom. The van der Waals surface area contributed by atoms with Gasteiger partial charge in [0.2, 0.25) is 5.91 Å². The molecule has 1 saturated carbocycles. The van der Waals surface area contributed by atoms with Gasteiger partial charge in [0.25, 0.3) is 0 Å². The van der Waals surface area contributed by atoms with Crippen molar-refractivity contribution in [2.24, 2.45) is 0 Å². The molecule has 1 aromatic rings. The Kier molecular flexibility index (Phi) is 7.25. The molecule has 1 aliphatic rings. The number of Topliss-reactive ketones (excluding diaryl/α,β-unsaturated/α-hetero) is 1. The number of carbonyl (C=O) groups excluding carboxylic acids is 2. The van der Waals surface area contributed by atoms with Gasteiger partial charge in [0.15, 0.2) is 5.78 Å². The van der Waals surface area contributed by atoms with Crippen molar-refractivity contribution in [3.63, 3.8) is 0 Å². The molecule has 1 aliphatic carbocycles. The van der Waals surface area contributed by atoms with Gasteiger partial charge in [-0.05, 0) is 56.4 Å². The Labute approximate surface area is 143 Å². The van der Waals surface area contributed by atoms with Crippen molar-refractivity contribution in [1.29, 1.82) is 0 Å². The number of amides is 1. The van der Waals surface area contributed by atoms with Crippen molar-refractivity contribution in [2.45, 2.75) is 64.0 Å². The minimum Gasteiger partial charge on any atom is -0.494 e. The minimum atomic E-state index is -0.232. The summed E-state index contributed by atoms with van der Waals surface area (Å²) in [6, 6.07) is 7.19. The number of benzene rings is 1. The molecule has 5 nitrogen and oxygen atoms in total. The van der Waals surface area contributed by atoms with Crippen LogP contribution >= 0.6 is 0 Å². The number of nitrogens with one attached hydrogen (secondary N) is 1. The van der Waals surface area contributed by atoms with E-state index < -0.39 is 0 Å². The number of rotatable bonds is 8. The van der Waals surface area contributed by atoms with Crippen molar-refractivity contribution < 1.29 is 19.4 Å². The van der Waals surface area contributed by atoms with Crippen molar-refractivity contribution in [3.8, 4) is 5.75 Å². The molecule has 5 heteroatoms. The molecule has 0 saturated heterocycles. The van der Waals surface area contributed by atoms with Gasteiger partial charge in [0.05, 0.1) is 12.7 Å². The molecular formula is C19H27NO4. The molecule has 1 amide bonds. The fraction of sp³-hybridized carbons (Fsp3) is 0.579. The normalized spacial score (nSPS) is 20.4. The van der Waals surface area contributed by atoms with E-state index in [1.54, 1.807) is 24.3 Å². The fourth-order valence-corrected chi connectivity index (χ4v) is 2.85. The summed E-state index contributed by atoms with van der Waals surface area (Å²) in [5.74, 6) is 0.629. The lowest BCUT2D eigenvalue weighted by molar-refractivity contribution is -0.122. The monoisotopic (exact) mass is 333 g/mol. The van der Waals surface area contributed by atoms with E-state index in [9.17, 15) is 14.7 Å². The molecule has 1 aromatic carbocycles. The summed E-state index contributed by atoms with van der Waals surface area (Å²) in [5, 5.41) is 12.4. The predicted octanol–water partition coefficient (Wildman–Crippen LogP) is 2.86. The second-order valence-corrected chi connectivity index (χ2v) is 6.37. The average molecular weight is 333 g/mol. The van der Waals surface area contributed by atoms with Crippen LogP contribution in [0.4, 0.5) is 0 Å². The van der Waals surface area contributed by atoms with Crippen molar-refractivity contribution >= 4 is 11.7 Å². The highest BCUT2D eigenvalue weighted by Crippen LogP contribution is 2.18. The standard InChI is InChI=1S/C19H27NO4/c1-2-13-24-17-9-3-14(4-10-17)18(22)11-12-19(23)20-15-5-7-16(21)8-6-15/h3-4,9-10,15-16,21H,2,5-8,11-13H2,1H3,(H,20,23). The number of hydrogen-bond donors (Lipinski definition) is 2. The summed E-state index contributed by atoms with van der Waals surface area (Å²) in [7, 11) is 0. The largest absolute Gasteiger partial charge is 0.494 e. The highest BCUT2D eigenvalue weighted by atomic mass is 16.5. The van der Waals surface area contributed by atoms with Gasteiger partial charge in [0.1, 0.15) is 5.75 Å².